The molecule has 0 saturated heterocycles. The molecule has 2 rings (SSSR count). The number of nitrogens with two attached hydrogens (primary N) is 1. The van der Waals surface area contributed by atoms with Gasteiger partial charge in [-0.25, -0.2) is 4.79 Å². The molecule has 0 fully saturated rings. The van der Waals surface area contributed by atoms with Crippen LogP contribution in [0.3, 0.4) is 0 Å². The van der Waals surface area contributed by atoms with Gasteiger partial charge in [0, 0.05) is 12.0 Å². The van der Waals surface area contributed by atoms with E-state index in [1.807, 2.05) is 18.2 Å². The number of halogens is 3. The average Bonchev–Trinajstić information content (AvgIpc) is 2.61. The van der Waals surface area contributed by atoms with Crippen molar-refractivity contribution in [2.45, 2.75) is 25.4 Å². The molecule has 0 amide bonds. The number of alkyl halides is 3. The zero-order valence-corrected chi connectivity index (χ0v) is 14.1. The lowest BCUT2D eigenvalue weighted by atomic mass is 10.1. The molecule has 0 aliphatic carbocycles. The van der Waals surface area contributed by atoms with Gasteiger partial charge in [-0.1, -0.05) is 54.3 Å². The molecule has 0 spiro atoms. The number of hydrogen-bond donors (Lipinski definition) is 2. The predicted molar refractivity (Wildman–Crippen MR) is 94.5 cm³/mol. The number of aliphatic carboxylic acids is 1. The Balaban J connectivity index is 0.000000412. The molecule has 0 unspecified atom stereocenters. The minimum absolute atomic E-state index is 0.740. The Bertz CT molecular complexity index is 747. The second-order valence-electron chi connectivity index (χ2n) is 5.36. The molecular weight excluding hydrogens is 343 g/mol. The summed E-state index contributed by atoms with van der Waals surface area (Å²) in [4.78, 5) is 8.90. The van der Waals surface area contributed by atoms with E-state index in [-0.39, 0.29) is 0 Å². The van der Waals surface area contributed by atoms with Crippen LogP contribution in [-0.2, 0) is 17.6 Å². The van der Waals surface area contributed by atoms with Gasteiger partial charge in [-0.3, -0.25) is 0 Å². The molecule has 0 aliphatic rings. The molecule has 2 aromatic rings. The first kappa shape index (κ1) is 21.3. The van der Waals surface area contributed by atoms with E-state index in [9.17, 15) is 13.2 Å². The van der Waals surface area contributed by atoms with Gasteiger partial charge < -0.3 is 10.8 Å². The van der Waals surface area contributed by atoms with Crippen molar-refractivity contribution in [2.75, 3.05) is 6.54 Å². The molecule has 26 heavy (non-hydrogen) atoms. The van der Waals surface area contributed by atoms with Crippen molar-refractivity contribution in [3.63, 3.8) is 0 Å². The fraction of sp³-hybridized carbons (Fsp3) is 0.250. The lowest BCUT2D eigenvalue weighted by Crippen LogP contribution is -2.21. The van der Waals surface area contributed by atoms with Gasteiger partial charge in [0.1, 0.15) is 0 Å². The Morgan fingerprint density at radius 1 is 1.04 bits per heavy atom. The number of rotatable bonds is 4. The molecule has 0 bridgehead atoms. The summed E-state index contributed by atoms with van der Waals surface area (Å²) in [6, 6.07) is 18.7. The van der Waals surface area contributed by atoms with E-state index in [0.717, 1.165) is 31.4 Å². The second kappa shape index (κ2) is 11.0. The monoisotopic (exact) mass is 363 g/mol. The fourth-order valence-corrected chi connectivity index (χ4v) is 1.95. The molecule has 0 aliphatic heterocycles. The van der Waals surface area contributed by atoms with Crippen LogP contribution in [0.25, 0.3) is 0 Å². The van der Waals surface area contributed by atoms with Crippen LogP contribution in [0.15, 0.2) is 54.6 Å². The summed E-state index contributed by atoms with van der Waals surface area (Å²) in [7, 11) is 0. The van der Waals surface area contributed by atoms with Crippen LogP contribution >= 0.6 is 0 Å². The largest absolute Gasteiger partial charge is 0.490 e. The van der Waals surface area contributed by atoms with Crippen molar-refractivity contribution >= 4 is 5.97 Å². The van der Waals surface area contributed by atoms with Crippen molar-refractivity contribution in [2.24, 2.45) is 5.73 Å². The summed E-state index contributed by atoms with van der Waals surface area (Å²) >= 11 is 0. The molecular formula is C20H20F3NO2. The Hall–Kier alpha value is -2.78. The van der Waals surface area contributed by atoms with Crippen LogP contribution in [0.5, 0.6) is 0 Å². The van der Waals surface area contributed by atoms with Crippen molar-refractivity contribution in [1.82, 2.24) is 0 Å². The second-order valence-corrected chi connectivity index (χ2v) is 5.36. The highest BCUT2D eigenvalue weighted by atomic mass is 19.4. The molecule has 2 aromatic carbocycles. The zero-order chi connectivity index (χ0) is 19.4. The van der Waals surface area contributed by atoms with E-state index >= 15 is 0 Å². The number of carboxylic acid groups (broad SMARTS) is 1. The number of carboxylic acids is 1. The Morgan fingerprint density at radius 2 is 1.65 bits per heavy atom. The Morgan fingerprint density at radius 3 is 2.23 bits per heavy atom. The molecule has 3 nitrogen and oxygen atoms in total. The average molecular weight is 363 g/mol. The summed E-state index contributed by atoms with van der Waals surface area (Å²) in [6.07, 6.45) is -2.22. The lowest BCUT2D eigenvalue weighted by Gasteiger charge is -2.00. The van der Waals surface area contributed by atoms with Crippen LogP contribution in [0, 0.1) is 11.8 Å². The van der Waals surface area contributed by atoms with Gasteiger partial charge in [-0.15, -0.1) is 0 Å². The first-order valence-corrected chi connectivity index (χ1v) is 7.95. The van der Waals surface area contributed by atoms with Crippen LogP contribution in [0.1, 0.15) is 23.1 Å². The van der Waals surface area contributed by atoms with E-state index in [1.54, 1.807) is 0 Å². The highest BCUT2D eigenvalue weighted by Gasteiger charge is 2.38. The fourth-order valence-electron chi connectivity index (χ4n) is 1.95. The van der Waals surface area contributed by atoms with Gasteiger partial charge >= 0.3 is 12.1 Å². The number of benzene rings is 2. The van der Waals surface area contributed by atoms with Gasteiger partial charge in [0.2, 0.25) is 0 Å². The molecule has 0 atom stereocenters. The van der Waals surface area contributed by atoms with E-state index in [2.05, 4.69) is 48.2 Å². The number of hydrogen-bond acceptors (Lipinski definition) is 2. The van der Waals surface area contributed by atoms with E-state index in [0.29, 0.717) is 0 Å². The summed E-state index contributed by atoms with van der Waals surface area (Å²) in [6.45, 7) is 0.740. The number of aryl methyl sites for hydroxylation is 1. The highest BCUT2D eigenvalue weighted by Crippen LogP contribution is 2.13. The number of carbonyl (C=O) groups is 1. The first-order valence-electron chi connectivity index (χ1n) is 7.95. The van der Waals surface area contributed by atoms with E-state index in [1.165, 1.54) is 11.1 Å². The molecule has 3 N–H and O–H groups in total. The summed E-state index contributed by atoms with van der Waals surface area (Å²) in [5.41, 5.74) is 9.19. The highest BCUT2D eigenvalue weighted by molar-refractivity contribution is 5.73. The van der Waals surface area contributed by atoms with Gasteiger partial charge in [0.05, 0.1) is 0 Å². The quantitative estimate of drug-likeness (QED) is 0.812. The molecule has 0 aromatic heterocycles. The SMILES string of the molecule is NCCCc1cccc(C#CCc2ccccc2)c1.O=C(O)C(F)(F)F. The minimum Gasteiger partial charge on any atom is -0.475 e. The molecule has 6 heteroatoms. The van der Waals surface area contributed by atoms with Gasteiger partial charge in [-0.05, 0) is 42.6 Å². The van der Waals surface area contributed by atoms with Gasteiger partial charge in [-0.2, -0.15) is 13.2 Å². The third-order valence-corrected chi connectivity index (χ3v) is 3.21. The lowest BCUT2D eigenvalue weighted by molar-refractivity contribution is -0.192. The standard InChI is InChI=1S/C18H19N.C2HF3O2/c19-14-6-13-18-12-5-11-17(15-18)10-4-9-16-7-2-1-3-8-16;3-2(4,5)1(6)7/h1-3,5,7-8,11-12,15H,6,9,13-14,19H2;(H,6,7). The molecule has 138 valence electrons. The van der Waals surface area contributed by atoms with Crippen LogP contribution in [0.2, 0.25) is 0 Å². The third-order valence-electron chi connectivity index (χ3n) is 3.21. The zero-order valence-electron chi connectivity index (χ0n) is 14.1. The summed E-state index contributed by atoms with van der Waals surface area (Å²) in [5.74, 6) is 3.70. The molecule has 0 saturated carbocycles. The predicted octanol–water partition coefficient (Wildman–Crippen LogP) is 3.81. The summed E-state index contributed by atoms with van der Waals surface area (Å²) < 4.78 is 31.7. The van der Waals surface area contributed by atoms with E-state index < -0.39 is 12.1 Å². The maximum Gasteiger partial charge on any atom is 0.490 e. The third kappa shape index (κ3) is 8.90. The van der Waals surface area contributed by atoms with Crippen molar-refractivity contribution in [3.8, 4) is 11.8 Å². The normalized spacial score (nSPS) is 10.2. The molecule has 0 heterocycles. The minimum atomic E-state index is -5.08. The smallest absolute Gasteiger partial charge is 0.475 e. The maximum atomic E-state index is 10.6. The Labute approximate surface area is 150 Å². The van der Waals surface area contributed by atoms with Gasteiger partial charge in [0.15, 0.2) is 0 Å². The van der Waals surface area contributed by atoms with Crippen LogP contribution in [0.4, 0.5) is 13.2 Å². The van der Waals surface area contributed by atoms with Gasteiger partial charge in [0.25, 0.3) is 0 Å². The van der Waals surface area contributed by atoms with E-state index in [4.69, 9.17) is 15.6 Å². The maximum absolute atomic E-state index is 10.6. The Kier molecular flexibility index (Phi) is 8.96. The first-order chi connectivity index (χ1) is 12.3. The van der Waals surface area contributed by atoms with Crippen molar-refractivity contribution in [3.05, 3.63) is 71.3 Å². The summed E-state index contributed by atoms with van der Waals surface area (Å²) in [5, 5.41) is 7.12. The van der Waals surface area contributed by atoms with Crippen molar-refractivity contribution in [1.29, 1.82) is 0 Å². The topological polar surface area (TPSA) is 63.3 Å². The van der Waals surface area contributed by atoms with Crippen molar-refractivity contribution < 1.29 is 23.1 Å². The van der Waals surface area contributed by atoms with Crippen LogP contribution < -0.4 is 5.73 Å². The molecule has 0 radical (unpaired) electrons. The van der Waals surface area contributed by atoms with Crippen LogP contribution in [-0.4, -0.2) is 23.8 Å².